The number of hydrogen-bond acceptors (Lipinski definition) is 4. The van der Waals surface area contributed by atoms with Crippen LogP contribution >= 0.6 is 0 Å². The Morgan fingerprint density at radius 2 is 2.14 bits per heavy atom. The Labute approximate surface area is 78.3 Å². The van der Waals surface area contributed by atoms with Gasteiger partial charge in [0.05, 0.1) is 0 Å². The molecule has 14 heavy (non-hydrogen) atoms. The second kappa shape index (κ2) is 4.19. The summed E-state index contributed by atoms with van der Waals surface area (Å²) in [5, 5.41) is 18.6. The molecule has 2 amide bonds. The molecular weight excluding hydrogens is 190 g/mol. The van der Waals surface area contributed by atoms with E-state index in [4.69, 9.17) is 10.3 Å². The molecule has 0 saturated carbocycles. The first-order valence-electron chi connectivity index (χ1n) is 3.54. The van der Waals surface area contributed by atoms with Crippen LogP contribution in [0, 0.1) is 0 Å². The fourth-order valence-corrected chi connectivity index (χ4v) is 0.814. The first kappa shape index (κ1) is 9.93. The lowest BCUT2D eigenvalue weighted by Gasteiger charge is -2.01. The number of hydroxylamine groups is 1. The van der Waals surface area contributed by atoms with Crippen LogP contribution < -0.4 is 10.8 Å². The molecule has 0 fully saturated rings. The van der Waals surface area contributed by atoms with Crippen molar-refractivity contribution in [2.45, 2.75) is 0 Å². The molecule has 0 aliphatic rings. The highest BCUT2D eigenvalue weighted by Gasteiger charge is 2.06. The highest BCUT2D eigenvalue weighted by Crippen LogP contribution is 2.06. The summed E-state index contributed by atoms with van der Waals surface area (Å²) in [4.78, 5) is 24.7. The molecule has 4 N–H and O–H groups in total. The molecule has 0 aliphatic carbocycles. The van der Waals surface area contributed by atoms with Gasteiger partial charge in [-0.25, -0.2) is 15.3 Å². The fraction of sp³-hybridized carbons (Fsp3) is 0. The Balaban J connectivity index is 2.89. The average molecular weight is 197 g/mol. The molecule has 0 atom stereocenters. The molecule has 0 aliphatic heterocycles. The van der Waals surface area contributed by atoms with Gasteiger partial charge in [-0.15, -0.1) is 0 Å². The number of pyridine rings is 1. The van der Waals surface area contributed by atoms with Gasteiger partial charge in [0.25, 0.3) is 5.91 Å². The van der Waals surface area contributed by atoms with Gasteiger partial charge >= 0.3 is 6.09 Å². The van der Waals surface area contributed by atoms with Gasteiger partial charge in [0, 0.05) is 11.8 Å². The monoisotopic (exact) mass is 197 g/mol. The van der Waals surface area contributed by atoms with Crippen LogP contribution in [0.2, 0.25) is 0 Å². The standard InChI is InChI=1S/C7H7N3O4/c11-6(10-14)4-1-2-8-5(3-4)9-7(12)13/h1-3,14H,(H,8,9)(H,10,11)(H,12,13). The van der Waals surface area contributed by atoms with Gasteiger partial charge in [0.2, 0.25) is 0 Å². The van der Waals surface area contributed by atoms with Crippen LogP contribution in [0.25, 0.3) is 0 Å². The molecule has 7 nitrogen and oxygen atoms in total. The second-order valence-corrected chi connectivity index (χ2v) is 2.30. The number of aromatic nitrogens is 1. The third kappa shape index (κ3) is 2.42. The van der Waals surface area contributed by atoms with Crippen molar-refractivity contribution in [2.24, 2.45) is 0 Å². The lowest BCUT2D eigenvalue weighted by molar-refractivity contribution is 0.0706. The number of anilines is 1. The first-order valence-corrected chi connectivity index (χ1v) is 3.54. The molecule has 0 aromatic carbocycles. The molecule has 0 radical (unpaired) electrons. The second-order valence-electron chi connectivity index (χ2n) is 2.30. The van der Waals surface area contributed by atoms with Crippen LogP contribution in [-0.4, -0.2) is 27.3 Å². The molecule has 0 unspecified atom stereocenters. The quantitative estimate of drug-likeness (QED) is 0.402. The summed E-state index contributed by atoms with van der Waals surface area (Å²) in [5.41, 5.74) is 1.52. The van der Waals surface area contributed by atoms with Gasteiger partial charge in [-0.05, 0) is 12.1 Å². The minimum Gasteiger partial charge on any atom is -0.465 e. The summed E-state index contributed by atoms with van der Waals surface area (Å²) in [6.07, 6.45) is -0.0328. The minimum absolute atomic E-state index is 0.0126. The third-order valence-electron chi connectivity index (χ3n) is 1.36. The van der Waals surface area contributed by atoms with Crippen molar-refractivity contribution in [3.63, 3.8) is 0 Å². The maximum absolute atomic E-state index is 10.9. The molecule has 1 heterocycles. The van der Waals surface area contributed by atoms with Crippen molar-refractivity contribution >= 4 is 17.8 Å². The summed E-state index contributed by atoms with van der Waals surface area (Å²) >= 11 is 0. The SMILES string of the molecule is O=C(O)Nc1cc(C(=O)NO)ccn1. The van der Waals surface area contributed by atoms with Crippen molar-refractivity contribution in [1.82, 2.24) is 10.5 Å². The number of carboxylic acid groups (broad SMARTS) is 1. The topological polar surface area (TPSA) is 112 Å². The van der Waals surface area contributed by atoms with Gasteiger partial charge in [0.15, 0.2) is 0 Å². The number of nitrogens with one attached hydrogen (secondary N) is 2. The van der Waals surface area contributed by atoms with E-state index >= 15 is 0 Å². The third-order valence-corrected chi connectivity index (χ3v) is 1.36. The normalized spacial score (nSPS) is 9.21. The van der Waals surface area contributed by atoms with E-state index in [-0.39, 0.29) is 11.4 Å². The average Bonchev–Trinajstić information content (AvgIpc) is 2.16. The van der Waals surface area contributed by atoms with E-state index in [0.29, 0.717) is 0 Å². The Kier molecular flexibility index (Phi) is 2.97. The maximum Gasteiger partial charge on any atom is 0.410 e. The number of hydrogen-bond donors (Lipinski definition) is 4. The number of nitrogens with zero attached hydrogens (tertiary/aromatic N) is 1. The van der Waals surface area contributed by atoms with E-state index in [9.17, 15) is 9.59 Å². The summed E-state index contributed by atoms with van der Waals surface area (Å²) in [5.74, 6) is -0.723. The zero-order valence-corrected chi connectivity index (χ0v) is 6.89. The van der Waals surface area contributed by atoms with Crippen LogP contribution in [0.5, 0.6) is 0 Å². The predicted molar refractivity (Wildman–Crippen MR) is 45.1 cm³/mol. The van der Waals surface area contributed by atoms with Crippen molar-refractivity contribution in [2.75, 3.05) is 5.32 Å². The van der Waals surface area contributed by atoms with E-state index in [1.165, 1.54) is 23.8 Å². The van der Waals surface area contributed by atoms with Crippen molar-refractivity contribution < 1.29 is 19.9 Å². The van der Waals surface area contributed by atoms with Crippen molar-refractivity contribution in [1.29, 1.82) is 0 Å². The summed E-state index contributed by atoms with van der Waals surface area (Å²) < 4.78 is 0. The summed E-state index contributed by atoms with van der Waals surface area (Å²) in [6, 6.07) is 2.53. The molecule has 1 aromatic rings. The Morgan fingerprint density at radius 1 is 1.43 bits per heavy atom. The summed E-state index contributed by atoms with van der Waals surface area (Å²) in [7, 11) is 0. The number of rotatable bonds is 2. The van der Waals surface area contributed by atoms with E-state index in [2.05, 4.69) is 4.98 Å². The van der Waals surface area contributed by atoms with Gasteiger partial charge in [0.1, 0.15) is 5.82 Å². The van der Waals surface area contributed by atoms with E-state index in [1.54, 1.807) is 0 Å². The lowest BCUT2D eigenvalue weighted by Crippen LogP contribution is -2.19. The van der Waals surface area contributed by atoms with Gasteiger partial charge in [-0.1, -0.05) is 0 Å². The lowest BCUT2D eigenvalue weighted by atomic mass is 10.2. The van der Waals surface area contributed by atoms with E-state index in [0.717, 1.165) is 0 Å². The van der Waals surface area contributed by atoms with Crippen molar-refractivity contribution in [3.8, 4) is 0 Å². The molecule has 0 bridgehead atoms. The zero-order valence-electron chi connectivity index (χ0n) is 6.89. The smallest absolute Gasteiger partial charge is 0.410 e. The fourth-order valence-electron chi connectivity index (χ4n) is 0.814. The molecule has 1 aromatic heterocycles. The van der Waals surface area contributed by atoms with Gasteiger partial charge in [-0.3, -0.25) is 15.3 Å². The number of carbonyl (C=O) groups is 2. The van der Waals surface area contributed by atoms with Gasteiger partial charge < -0.3 is 5.11 Å². The highest BCUT2D eigenvalue weighted by atomic mass is 16.5. The minimum atomic E-state index is -1.28. The molecule has 74 valence electrons. The number of carbonyl (C=O) groups excluding carboxylic acids is 1. The van der Waals surface area contributed by atoms with E-state index < -0.39 is 12.0 Å². The molecule has 0 spiro atoms. The van der Waals surface area contributed by atoms with Crippen LogP contribution in [0.15, 0.2) is 18.3 Å². The predicted octanol–water partition coefficient (Wildman–Crippen LogP) is 0.290. The van der Waals surface area contributed by atoms with Gasteiger partial charge in [-0.2, -0.15) is 0 Å². The molecule has 0 saturated heterocycles. The highest BCUT2D eigenvalue weighted by molar-refractivity contribution is 5.94. The molecule has 7 heteroatoms. The first-order chi connectivity index (χ1) is 6.63. The Hall–Kier alpha value is -2.15. The Morgan fingerprint density at radius 3 is 2.71 bits per heavy atom. The number of amides is 2. The van der Waals surface area contributed by atoms with Crippen molar-refractivity contribution in [3.05, 3.63) is 23.9 Å². The molecular formula is C7H7N3O4. The largest absolute Gasteiger partial charge is 0.465 e. The zero-order chi connectivity index (χ0) is 10.6. The van der Waals surface area contributed by atoms with E-state index in [1.807, 2.05) is 5.32 Å². The van der Waals surface area contributed by atoms with Crippen LogP contribution in [0.3, 0.4) is 0 Å². The Bertz CT molecular complexity index is 366. The van der Waals surface area contributed by atoms with Crippen LogP contribution in [-0.2, 0) is 0 Å². The van der Waals surface area contributed by atoms with Crippen LogP contribution in [0.4, 0.5) is 10.6 Å². The maximum atomic E-state index is 10.9. The molecule has 1 rings (SSSR count). The van der Waals surface area contributed by atoms with Crippen LogP contribution in [0.1, 0.15) is 10.4 Å². The summed E-state index contributed by atoms with van der Waals surface area (Å²) in [6.45, 7) is 0.